The lowest BCUT2D eigenvalue weighted by Gasteiger charge is -2.32. The van der Waals surface area contributed by atoms with Gasteiger partial charge in [-0.1, -0.05) is 32.4 Å². The summed E-state index contributed by atoms with van der Waals surface area (Å²) in [5.41, 5.74) is 2.03. The molecular weight excluding hydrogens is 300 g/mol. The van der Waals surface area contributed by atoms with Crippen LogP contribution in [0.2, 0.25) is 5.02 Å². The molecule has 0 spiro atoms. The number of halogens is 1. The number of nitrogens with zero attached hydrogens (tertiary/aromatic N) is 2. The van der Waals surface area contributed by atoms with Crippen molar-refractivity contribution in [2.75, 3.05) is 0 Å². The first kappa shape index (κ1) is 13.9. The molecule has 1 N–H and O–H groups in total. The number of benzene rings is 1. The van der Waals surface area contributed by atoms with Gasteiger partial charge in [0.1, 0.15) is 0 Å². The molecule has 0 radical (unpaired) electrons. The van der Waals surface area contributed by atoms with Gasteiger partial charge in [-0.2, -0.15) is 0 Å². The second kappa shape index (κ2) is 3.99. The van der Waals surface area contributed by atoms with Crippen molar-refractivity contribution < 1.29 is 9.94 Å². The lowest BCUT2D eigenvalue weighted by molar-refractivity contribution is -0.604. The zero-order valence-electron chi connectivity index (χ0n) is 12.9. The fraction of sp³-hybridized carbons (Fsp3) is 0.471. The van der Waals surface area contributed by atoms with Crippen LogP contribution >= 0.6 is 11.6 Å². The standard InChI is InChI=1S/C17H19ClN2O2/c1-16(2)12-8-9-17(16,3)14-13(12)19(21)15(20(14)22)10-4-6-11(18)7-5-10/h4-7,12,22H,8-9H2,1-3H3/t12-,17+/m0/s1. The van der Waals surface area contributed by atoms with Crippen LogP contribution in [0.5, 0.6) is 0 Å². The maximum absolute atomic E-state index is 12.9. The molecular formula is C17H19ClN2O2. The molecule has 2 atom stereocenters. The molecule has 2 aliphatic carbocycles. The monoisotopic (exact) mass is 318 g/mol. The van der Waals surface area contributed by atoms with Gasteiger partial charge in [0.2, 0.25) is 0 Å². The molecule has 0 unspecified atom stereocenters. The predicted molar refractivity (Wildman–Crippen MR) is 84.1 cm³/mol. The van der Waals surface area contributed by atoms with E-state index in [0.717, 1.165) is 33.7 Å². The molecule has 0 amide bonds. The van der Waals surface area contributed by atoms with Gasteiger partial charge < -0.3 is 10.4 Å². The molecule has 22 heavy (non-hydrogen) atoms. The van der Waals surface area contributed by atoms with Gasteiger partial charge in [-0.15, -0.1) is 0 Å². The third kappa shape index (κ3) is 1.37. The van der Waals surface area contributed by atoms with Gasteiger partial charge in [-0.05, 0) is 47.3 Å². The summed E-state index contributed by atoms with van der Waals surface area (Å²) in [4.78, 5) is 0. The topological polar surface area (TPSA) is 52.1 Å². The highest BCUT2D eigenvalue weighted by molar-refractivity contribution is 6.30. The molecule has 5 heteroatoms. The summed E-state index contributed by atoms with van der Waals surface area (Å²) < 4.78 is 2.04. The van der Waals surface area contributed by atoms with Crippen LogP contribution in [0.25, 0.3) is 11.4 Å². The Morgan fingerprint density at radius 3 is 2.50 bits per heavy atom. The van der Waals surface area contributed by atoms with E-state index < -0.39 is 0 Å². The van der Waals surface area contributed by atoms with Crippen molar-refractivity contribution in [2.45, 2.75) is 44.9 Å². The molecule has 0 aliphatic heterocycles. The van der Waals surface area contributed by atoms with E-state index >= 15 is 0 Å². The van der Waals surface area contributed by atoms with Crippen molar-refractivity contribution in [3.63, 3.8) is 0 Å². The van der Waals surface area contributed by atoms with Gasteiger partial charge in [0.15, 0.2) is 11.4 Å². The number of aromatic nitrogens is 2. The minimum Gasteiger partial charge on any atom is -0.710 e. The van der Waals surface area contributed by atoms with E-state index in [9.17, 15) is 10.4 Å². The van der Waals surface area contributed by atoms with Gasteiger partial charge >= 0.3 is 5.82 Å². The number of imidazole rings is 1. The first-order valence-electron chi connectivity index (χ1n) is 7.63. The van der Waals surface area contributed by atoms with Crippen molar-refractivity contribution in [3.8, 4) is 11.4 Å². The molecule has 0 saturated heterocycles. The van der Waals surface area contributed by atoms with Gasteiger partial charge in [-0.3, -0.25) is 0 Å². The summed E-state index contributed by atoms with van der Waals surface area (Å²) in [6.45, 7) is 6.57. The highest BCUT2D eigenvalue weighted by atomic mass is 35.5. The molecule has 116 valence electrons. The molecule has 2 bridgehead atoms. The first-order valence-corrected chi connectivity index (χ1v) is 8.00. The van der Waals surface area contributed by atoms with E-state index in [1.54, 1.807) is 24.3 Å². The van der Waals surface area contributed by atoms with Gasteiger partial charge in [0, 0.05) is 16.4 Å². The van der Waals surface area contributed by atoms with Crippen LogP contribution in [0, 0.1) is 10.6 Å². The van der Waals surface area contributed by atoms with Crippen molar-refractivity contribution in [1.82, 2.24) is 4.73 Å². The van der Waals surface area contributed by atoms with E-state index in [1.165, 1.54) is 0 Å². The Morgan fingerprint density at radius 2 is 1.91 bits per heavy atom. The Kier molecular flexibility index (Phi) is 2.53. The van der Waals surface area contributed by atoms with Crippen LogP contribution in [-0.4, -0.2) is 9.94 Å². The molecule has 4 nitrogen and oxygen atoms in total. The van der Waals surface area contributed by atoms with Crippen LogP contribution in [0.15, 0.2) is 24.3 Å². The van der Waals surface area contributed by atoms with Gasteiger partial charge in [-0.25, -0.2) is 4.73 Å². The lowest BCUT2D eigenvalue weighted by atomic mass is 9.70. The van der Waals surface area contributed by atoms with Crippen LogP contribution in [0.4, 0.5) is 0 Å². The quantitative estimate of drug-likeness (QED) is 0.493. The summed E-state index contributed by atoms with van der Waals surface area (Å²) in [6, 6.07) is 7.00. The third-order valence-electron chi connectivity index (χ3n) is 6.25. The number of fused-ring (bicyclic) bond motifs is 5. The summed E-state index contributed by atoms with van der Waals surface area (Å²) in [5.74, 6) is 0.486. The molecule has 1 fully saturated rings. The Hall–Kier alpha value is -1.68. The van der Waals surface area contributed by atoms with Crippen molar-refractivity contribution >= 4 is 11.6 Å². The first-order chi connectivity index (χ1) is 10.3. The van der Waals surface area contributed by atoms with Gasteiger partial charge in [0.05, 0.1) is 5.56 Å². The molecule has 1 heterocycles. The molecule has 1 saturated carbocycles. The maximum Gasteiger partial charge on any atom is 0.331 e. The number of rotatable bonds is 1. The summed E-state index contributed by atoms with van der Waals surface area (Å²) in [7, 11) is 0. The fourth-order valence-corrected chi connectivity index (χ4v) is 4.70. The maximum atomic E-state index is 12.9. The minimum atomic E-state index is -0.168. The van der Waals surface area contributed by atoms with E-state index in [4.69, 9.17) is 11.6 Å². The molecule has 2 aliphatic rings. The van der Waals surface area contributed by atoms with E-state index in [0.29, 0.717) is 10.6 Å². The normalized spacial score (nSPS) is 28.1. The fourth-order valence-electron chi connectivity index (χ4n) is 4.57. The zero-order valence-corrected chi connectivity index (χ0v) is 13.7. The second-order valence-electron chi connectivity index (χ2n) is 7.32. The van der Waals surface area contributed by atoms with Crippen LogP contribution < -0.4 is 4.73 Å². The molecule has 2 aromatic rings. The molecule has 1 aromatic carbocycles. The van der Waals surface area contributed by atoms with Gasteiger partial charge in [0.25, 0.3) is 0 Å². The Bertz CT molecular complexity index is 779. The highest BCUT2D eigenvalue weighted by Gasteiger charge is 2.66. The van der Waals surface area contributed by atoms with Crippen LogP contribution in [-0.2, 0) is 5.41 Å². The highest BCUT2D eigenvalue weighted by Crippen LogP contribution is 2.67. The molecule has 4 rings (SSSR count). The number of hydrogen-bond donors (Lipinski definition) is 1. The molecule has 1 aromatic heterocycles. The third-order valence-corrected chi connectivity index (χ3v) is 6.50. The summed E-state index contributed by atoms with van der Waals surface area (Å²) in [5, 5.41) is 24.2. The lowest BCUT2D eigenvalue weighted by Crippen LogP contribution is -2.36. The van der Waals surface area contributed by atoms with E-state index in [-0.39, 0.29) is 22.6 Å². The second-order valence-corrected chi connectivity index (χ2v) is 7.75. The average molecular weight is 319 g/mol. The minimum absolute atomic E-state index is 0.00711. The largest absolute Gasteiger partial charge is 0.710 e. The predicted octanol–water partition coefficient (Wildman–Crippen LogP) is 3.85. The Morgan fingerprint density at radius 1 is 1.27 bits per heavy atom. The van der Waals surface area contributed by atoms with Crippen LogP contribution in [0.1, 0.15) is 50.9 Å². The van der Waals surface area contributed by atoms with Crippen LogP contribution in [0.3, 0.4) is 0 Å². The average Bonchev–Trinajstić information content (AvgIpc) is 2.92. The van der Waals surface area contributed by atoms with Crippen molar-refractivity contribution in [1.29, 1.82) is 0 Å². The number of hydrogen-bond acceptors (Lipinski definition) is 2. The SMILES string of the molecule is CC1(C)[C@H]2CC[C@]1(C)c1c2[n+]([O-])c(-c2ccc(Cl)cc2)n1O. The Balaban J connectivity index is 1.98. The van der Waals surface area contributed by atoms with Crippen molar-refractivity contribution in [3.05, 3.63) is 45.9 Å². The smallest absolute Gasteiger partial charge is 0.331 e. The summed E-state index contributed by atoms with van der Waals surface area (Å²) in [6.07, 6.45) is 2.01. The van der Waals surface area contributed by atoms with Crippen molar-refractivity contribution in [2.24, 2.45) is 5.41 Å². The zero-order chi connectivity index (χ0) is 15.9. The van der Waals surface area contributed by atoms with E-state index in [1.807, 2.05) is 0 Å². The summed E-state index contributed by atoms with van der Waals surface area (Å²) >= 11 is 5.92. The van der Waals surface area contributed by atoms with E-state index in [2.05, 4.69) is 20.8 Å². The Labute approximate surface area is 134 Å².